The number of nitrogens with zero attached hydrogens (tertiary/aromatic N) is 2. The third kappa shape index (κ3) is 3.35. The van der Waals surface area contributed by atoms with Crippen LogP contribution >= 0.6 is 0 Å². The van der Waals surface area contributed by atoms with Crippen molar-refractivity contribution in [2.24, 2.45) is 7.05 Å². The number of sulfone groups is 1. The highest BCUT2D eigenvalue weighted by Crippen LogP contribution is 2.08. The van der Waals surface area contributed by atoms with E-state index in [0.29, 0.717) is 5.69 Å². The fourth-order valence-corrected chi connectivity index (χ4v) is 1.74. The van der Waals surface area contributed by atoms with Crippen molar-refractivity contribution in [1.29, 1.82) is 0 Å². The summed E-state index contributed by atoms with van der Waals surface area (Å²) in [4.78, 5) is 10.8. The minimum Gasteiger partial charge on any atom is -0.478 e. The number of carbonyl (C=O) groups is 1. The molecule has 0 amide bonds. The molecule has 1 aromatic heterocycles. The van der Waals surface area contributed by atoms with Crippen molar-refractivity contribution in [3.63, 3.8) is 0 Å². The van der Waals surface area contributed by atoms with Gasteiger partial charge in [-0.1, -0.05) is 0 Å². The Labute approximate surface area is 87.4 Å². The van der Waals surface area contributed by atoms with Gasteiger partial charge in [-0.25, -0.2) is 13.2 Å². The molecule has 1 heterocycles. The molecule has 7 heteroatoms. The van der Waals surface area contributed by atoms with Gasteiger partial charge in [0.15, 0.2) is 0 Å². The first-order valence-corrected chi connectivity index (χ1v) is 6.29. The normalized spacial score (nSPS) is 11.6. The summed E-state index contributed by atoms with van der Waals surface area (Å²) < 4.78 is 23.2. The van der Waals surface area contributed by atoms with Crippen molar-refractivity contribution in [2.75, 3.05) is 12.0 Å². The first kappa shape index (κ1) is 11.7. The van der Waals surface area contributed by atoms with Crippen LogP contribution in [-0.4, -0.2) is 41.3 Å². The fraction of sp³-hybridized carbons (Fsp3) is 0.500. The second-order valence-electron chi connectivity index (χ2n) is 3.35. The summed E-state index contributed by atoms with van der Waals surface area (Å²) >= 11 is 0. The molecule has 0 saturated carbocycles. The predicted molar refractivity (Wildman–Crippen MR) is 53.6 cm³/mol. The standard InChI is InChI=1S/C8H12N2O4S/c1-10-5-6(8(11)12)7(9-10)3-4-15(2,13)14/h5H,3-4H2,1-2H3,(H,11,12). The van der Waals surface area contributed by atoms with Crippen LogP contribution in [0.15, 0.2) is 6.20 Å². The van der Waals surface area contributed by atoms with Gasteiger partial charge in [-0.15, -0.1) is 0 Å². The molecule has 0 radical (unpaired) electrons. The monoisotopic (exact) mass is 232 g/mol. The number of aromatic nitrogens is 2. The highest BCUT2D eigenvalue weighted by Gasteiger charge is 2.15. The number of aryl methyl sites for hydroxylation is 2. The molecule has 0 aliphatic carbocycles. The minimum absolute atomic E-state index is 0.0566. The van der Waals surface area contributed by atoms with Crippen LogP contribution in [0.3, 0.4) is 0 Å². The number of carboxylic acid groups (broad SMARTS) is 1. The molecule has 0 spiro atoms. The van der Waals surface area contributed by atoms with Crippen molar-refractivity contribution in [3.8, 4) is 0 Å². The summed E-state index contributed by atoms with van der Waals surface area (Å²) in [5.41, 5.74) is 0.358. The van der Waals surface area contributed by atoms with Gasteiger partial charge in [-0.2, -0.15) is 5.10 Å². The maximum Gasteiger partial charge on any atom is 0.339 e. The molecule has 0 unspecified atom stereocenters. The summed E-state index contributed by atoms with van der Waals surface area (Å²) in [6, 6.07) is 0. The van der Waals surface area contributed by atoms with Gasteiger partial charge in [0.2, 0.25) is 0 Å². The van der Waals surface area contributed by atoms with Crippen LogP contribution in [-0.2, 0) is 23.3 Å². The van der Waals surface area contributed by atoms with Crippen molar-refractivity contribution >= 4 is 15.8 Å². The predicted octanol–water partition coefficient (Wildman–Crippen LogP) is -0.295. The molecule has 0 atom stereocenters. The highest BCUT2D eigenvalue weighted by atomic mass is 32.2. The van der Waals surface area contributed by atoms with E-state index in [1.807, 2.05) is 0 Å². The molecule has 1 N–H and O–H groups in total. The van der Waals surface area contributed by atoms with Gasteiger partial charge in [0.1, 0.15) is 15.4 Å². The molecule has 0 aromatic carbocycles. The van der Waals surface area contributed by atoms with Crippen LogP contribution in [0.4, 0.5) is 0 Å². The van der Waals surface area contributed by atoms with E-state index in [0.717, 1.165) is 6.26 Å². The Morgan fingerprint density at radius 2 is 2.20 bits per heavy atom. The van der Waals surface area contributed by atoms with Crippen molar-refractivity contribution in [2.45, 2.75) is 6.42 Å². The van der Waals surface area contributed by atoms with Crippen LogP contribution in [0.5, 0.6) is 0 Å². The maximum atomic E-state index is 10.9. The number of hydrogen-bond acceptors (Lipinski definition) is 4. The molecular formula is C8H12N2O4S. The Hall–Kier alpha value is -1.37. The summed E-state index contributed by atoms with van der Waals surface area (Å²) in [7, 11) is -1.50. The van der Waals surface area contributed by atoms with Crippen LogP contribution < -0.4 is 0 Å². The molecule has 0 fully saturated rings. The van der Waals surface area contributed by atoms with E-state index in [2.05, 4.69) is 5.10 Å². The number of carboxylic acids is 1. The van der Waals surface area contributed by atoms with E-state index in [1.165, 1.54) is 10.9 Å². The first-order valence-electron chi connectivity index (χ1n) is 4.23. The highest BCUT2D eigenvalue weighted by molar-refractivity contribution is 7.90. The smallest absolute Gasteiger partial charge is 0.339 e. The average Bonchev–Trinajstić information content (AvgIpc) is 2.42. The van der Waals surface area contributed by atoms with E-state index in [1.54, 1.807) is 7.05 Å². The van der Waals surface area contributed by atoms with Gasteiger partial charge < -0.3 is 5.11 Å². The lowest BCUT2D eigenvalue weighted by Gasteiger charge is -1.97. The fourth-order valence-electron chi connectivity index (χ4n) is 1.18. The molecule has 1 aromatic rings. The molecular weight excluding hydrogens is 220 g/mol. The van der Waals surface area contributed by atoms with Crippen LogP contribution in [0.25, 0.3) is 0 Å². The molecule has 1 rings (SSSR count). The van der Waals surface area contributed by atoms with E-state index in [9.17, 15) is 13.2 Å². The molecule has 0 saturated heterocycles. The summed E-state index contributed by atoms with van der Waals surface area (Å²) in [6.07, 6.45) is 2.59. The average molecular weight is 232 g/mol. The summed E-state index contributed by atoms with van der Waals surface area (Å²) in [5, 5.41) is 12.7. The zero-order valence-electron chi connectivity index (χ0n) is 8.47. The van der Waals surface area contributed by atoms with Crippen molar-refractivity contribution < 1.29 is 18.3 Å². The number of rotatable bonds is 4. The quantitative estimate of drug-likeness (QED) is 0.770. The lowest BCUT2D eigenvalue weighted by Crippen LogP contribution is -2.09. The lowest BCUT2D eigenvalue weighted by atomic mass is 10.2. The Kier molecular flexibility index (Phi) is 3.13. The summed E-state index contributed by atoms with van der Waals surface area (Å²) in [6.45, 7) is 0. The van der Waals surface area contributed by atoms with E-state index < -0.39 is 15.8 Å². The maximum absolute atomic E-state index is 10.9. The number of aromatic carboxylic acids is 1. The zero-order chi connectivity index (χ0) is 11.6. The summed E-state index contributed by atoms with van der Waals surface area (Å²) in [5.74, 6) is -1.18. The van der Waals surface area contributed by atoms with Gasteiger partial charge in [0.05, 0.1) is 11.4 Å². The van der Waals surface area contributed by atoms with Crippen LogP contribution in [0, 0.1) is 0 Å². The van der Waals surface area contributed by atoms with E-state index >= 15 is 0 Å². The number of hydrogen-bond donors (Lipinski definition) is 1. The minimum atomic E-state index is -3.10. The zero-order valence-corrected chi connectivity index (χ0v) is 9.28. The molecule has 0 aliphatic rings. The van der Waals surface area contributed by atoms with E-state index in [4.69, 9.17) is 5.11 Å². The van der Waals surface area contributed by atoms with Gasteiger partial charge in [-0.3, -0.25) is 4.68 Å². The third-order valence-electron chi connectivity index (χ3n) is 1.85. The molecule has 0 bridgehead atoms. The third-order valence-corrected chi connectivity index (χ3v) is 2.79. The largest absolute Gasteiger partial charge is 0.478 e. The Morgan fingerprint density at radius 1 is 1.60 bits per heavy atom. The Morgan fingerprint density at radius 3 is 2.67 bits per heavy atom. The molecule has 0 aliphatic heterocycles. The SMILES string of the molecule is Cn1cc(C(=O)O)c(CCS(C)(=O)=O)n1. The lowest BCUT2D eigenvalue weighted by molar-refractivity contribution is 0.0695. The topological polar surface area (TPSA) is 89.3 Å². The van der Waals surface area contributed by atoms with Gasteiger partial charge in [-0.05, 0) is 0 Å². The van der Waals surface area contributed by atoms with Crippen molar-refractivity contribution in [3.05, 3.63) is 17.5 Å². The van der Waals surface area contributed by atoms with Crippen LogP contribution in [0.2, 0.25) is 0 Å². The second kappa shape index (κ2) is 4.01. The first-order chi connectivity index (χ1) is 6.79. The second-order valence-corrected chi connectivity index (χ2v) is 5.61. The molecule has 6 nitrogen and oxygen atoms in total. The van der Waals surface area contributed by atoms with Gasteiger partial charge >= 0.3 is 5.97 Å². The Balaban J connectivity index is 2.90. The molecule has 84 valence electrons. The van der Waals surface area contributed by atoms with Gasteiger partial charge in [0, 0.05) is 25.9 Å². The van der Waals surface area contributed by atoms with Crippen LogP contribution in [0.1, 0.15) is 16.1 Å². The van der Waals surface area contributed by atoms with E-state index in [-0.39, 0.29) is 17.7 Å². The Bertz CT molecular complexity index is 475. The van der Waals surface area contributed by atoms with Gasteiger partial charge in [0.25, 0.3) is 0 Å². The molecule has 15 heavy (non-hydrogen) atoms. The van der Waals surface area contributed by atoms with Crippen molar-refractivity contribution in [1.82, 2.24) is 9.78 Å².